The molecule has 0 atom stereocenters. The van der Waals surface area contributed by atoms with Crippen LogP contribution in [-0.2, 0) is 10.0 Å². The van der Waals surface area contributed by atoms with Crippen molar-refractivity contribution in [2.75, 3.05) is 18.4 Å². The predicted octanol–water partition coefficient (Wildman–Crippen LogP) is 3.94. The molecule has 0 fully saturated rings. The van der Waals surface area contributed by atoms with Gasteiger partial charge in [-0.05, 0) is 55.0 Å². The highest BCUT2D eigenvalue weighted by Crippen LogP contribution is 2.21. The van der Waals surface area contributed by atoms with Crippen LogP contribution in [0, 0.1) is 5.82 Å². The van der Waals surface area contributed by atoms with Crippen molar-refractivity contribution in [2.45, 2.75) is 31.6 Å². The molecule has 8 nitrogen and oxygen atoms in total. The van der Waals surface area contributed by atoms with Gasteiger partial charge in [0.25, 0.3) is 5.91 Å². The summed E-state index contributed by atoms with van der Waals surface area (Å²) in [6.07, 6.45) is 1.67. The maximum Gasteiger partial charge on any atom is 0.322 e. The van der Waals surface area contributed by atoms with E-state index in [1.165, 1.54) is 52.8 Å². The topological polar surface area (TPSA) is 105 Å². The molecule has 164 valence electrons. The Bertz CT molecular complexity index is 1130. The molecule has 2 aromatic carbocycles. The molecule has 3 aromatic rings. The standard InChI is InChI=1S/C21H23FN4O4S/c1-3-5-14-26(4-2)31(28,29)18-12-8-15(9-13-18)19(27)23-21-25-24-20(30-21)16-6-10-17(22)11-7-16/h6-13H,3-5,14H2,1-2H3,(H,23,25,27). The summed E-state index contributed by atoms with van der Waals surface area (Å²) in [6.45, 7) is 4.61. The zero-order chi connectivity index (χ0) is 22.4. The van der Waals surface area contributed by atoms with Crippen molar-refractivity contribution in [1.29, 1.82) is 0 Å². The van der Waals surface area contributed by atoms with Crippen LogP contribution >= 0.6 is 0 Å². The maximum atomic E-state index is 13.0. The van der Waals surface area contributed by atoms with Gasteiger partial charge in [-0.2, -0.15) is 4.31 Å². The number of benzene rings is 2. The SMILES string of the molecule is CCCCN(CC)S(=O)(=O)c1ccc(C(=O)Nc2nnc(-c3ccc(F)cc3)o2)cc1. The Hall–Kier alpha value is -3.11. The lowest BCUT2D eigenvalue weighted by Gasteiger charge is -2.20. The first kappa shape index (κ1) is 22.6. The Labute approximate surface area is 180 Å². The molecule has 0 unspecified atom stereocenters. The number of sulfonamides is 1. The van der Waals surface area contributed by atoms with Gasteiger partial charge in [-0.3, -0.25) is 10.1 Å². The van der Waals surface area contributed by atoms with Crippen LogP contribution < -0.4 is 5.32 Å². The van der Waals surface area contributed by atoms with Gasteiger partial charge in [-0.15, -0.1) is 5.10 Å². The first-order valence-electron chi connectivity index (χ1n) is 9.86. The number of hydrogen-bond donors (Lipinski definition) is 1. The molecular formula is C21H23FN4O4S. The minimum absolute atomic E-state index is 0.124. The molecule has 0 radical (unpaired) electrons. The Morgan fingerprint density at radius 3 is 2.35 bits per heavy atom. The normalized spacial score (nSPS) is 11.6. The van der Waals surface area contributed by atoms with E-state index in [4.69, 9.17) is 4.42 Å². The minimum Gasteiger partial charge on any atom is -0.403 e. The van der Waals surface area contributed by atoms with E-state index in [1.54, 1.807) is 6.92 Å². The second kappa shape index (κ2) is 9.80. The van der Waals surface area contributed by atoms with Gasteiger partial charge in [0.05, 0.1) is 4.90 Å². The van der Waals surface area contributed by atoms with Gasteiger partial charge in [0.2, 0.25) is 15.9 Å². The molecule has 10 heteroatoms. The van der Waals surface area contributed by atoms with Crippen molar-refractivity contribution in [3.05, 3.63) is 59.9 Å². The van der Waals surface area contributed by atoms with Crippen LogP contribution in [0.25, 0.3) is 11.5 Å². The fourth-order valence-corrected chi connectivity index (χ4v) is 4.35. The van der Waals surface area contributed by atoms with Crippen molar-refractivity contribution in [3.63, 3.8) is 0 Å². The van der Waals surface area contributed by atoms with Crippen LogP contribution in [0.4, 0.5) is 10.4 Å². The number of anilines is 1. The molecule has 0 bridgehead atoms. The van der Waals surface area contributed by atoms with E-state index in [0.29, 0.717) is 18.7 Å². The summed E-state index contributed by atoms with van der Waals surface area (Å²) in [5.41, 5.74) is 0.740. The summed E-state index contributed by atoms with van der Waals surface area (Å²) in [6, 6.07) is 11.0. The quantitative estimate of drug-likeness (QED) is 0.534. The molecular weight excluding hydrogens is 423 g/mol. The van der Waals surface area contributed by atoms with Gasteiger partial charge in [0.1, 0.15) is 5.82 Å². The number of nitrogens with one attached hydrogen (secondary N) is 1. The smallest absolute Gasteiger partial charge is 0.322 e. The van der Waals surface area contributed by atoms with Gasteiger partial charge in [0, 0.05) is 24.2 Å². The molecule has 0 aliphatic heterocycles. The molecule has 1 amide bonds. The maximum absolute atomic E-state index is 13.0. The van der Waals surface area contributed by atoms with E-state index >= 15 is 0 Å². The van der Waals surface area contributed by atoms with Crippen molar-refractivity contribution in [1.82, 2.24) is 14.5 Å². The van der Waals surface area contributed by atoms with E-state index in [2.05, 4.69) is 15.5 Å². The van der Waals surface area contributed by atoms with Gasteiger partial charge >= 0.3 is 6.01 Å². The summed E-state index contributed by atoms with van der Waals surface area (Å²) in [5, 5.41) is 10.0. The third-order valence-electron chi connectivity index (χ3n) is 4.60. The summed E-state index contributed by atoms with van der Waals surface area (Å²) in [7, 11) is -3.62. The number of carbonyl (C=O) groups is 1. The molecule has 0 aliphatic carbocycles. The minimum atomic E-state index is -3.62. The average Bonchev–Trinajstić information content (AvgIpc) is 3.23. The Morgan fingerprint density at radius 2 is 1.74 bits per heavy atom. The lowest BCUT2D eigenvalue weighted by molar-refractivity contribution is 0.102. The molecule has 3 rings (SSSR count). The molecule has 31 heavy (non-hydrogen) atoms. The van der Waals surface area contributed by atoms with Crippen molar-refractivity contribution in [3.8, 4) is 11.5 Å². The van der Waals surface area contributed by atoms with Gasteiger partial charge in [0.15, 0.2) is 0 Å². The van der Waals surface area contributed by atoms with E-state index in [1.807, 2.05) is 6.92 Å². The number of amides is 1. The average molecular weight is 447 g/mol. The monoisotopic (exact) mass is 446 g/mol. The van der Waals surface area contributed by atoms with Crippen LogP contribution in [-0.4, -0.2) is 41.9 Å². The molecule has 0 spiro atoms. The van der Waals surface area contributed by atoms with Gasteiger partial charge in [-0.1, -0.05) is 25.4 Å². The first-order chi connectivity index (χ1) is 14.8. The van der Waals surface area contributed by atoms with Crippen LogP contribution in [0.1, 0.15) is 37.0 Å². The van der Waals surface area contributed by atoms with Crippen molar-refractivity contribution in [2.24, 2.45) is 0 Å². The lowest BCUT2D eigenvalue weighted by Crippen LogP contribution is -2.31. The van der Waals surface area contributed by atoms with Crippen LogP contribution in [0.3, 0.4) is 0 Å². The fraction of sp³-hybridized carbons (Fsp3) is 0.286. The second-order valence-electron chi connectivity index (χ2n) is 6.75. The summed E-state index contributed by atoms with van der Waals surface area (Å²) >= 11 is 0. The molecule has 0 aliphatic rings. The van der Waals surface area contributed by atoms with E-state index in [0.717, 1.165) is 12.8 Å². The highest BCUT2D eigenvalue weighted by atomic mass is 32.2. The Balaban J connectivity index is 1.70. The van der Waals surface area contributed by atoms with Crippen molar-refractivity contribution >= 4 is 21.9 Å². The number of rotatable bonds is 9. The largest absolute Gasteiger partial charge is 0.403 e. The molecule has 1 heterocycles. The zero-order valence-corrected chi connectivity index (χ0v) is 18.0. The molecule has 0 saturated heterocycles. The van der Waals surface area contributed by atoms with E-state index < -0.39 is 21.7 Å². The van der Waals surface area contributed by atoms with Crippen LogP contribution in [0.15, 0.2) is 57.8 Å². The van der Waals surface area contributed by atoms with Crippen LogP contribution in [0.5, 0.6) is 0 Å². The molecule has 1 N–H and O–H groups in total. The summed E-state index contributed by atoms with van der Waals surface area (Å²) in [4.78, 5) is 12.6. The summed E-state index contributed by atoms with van der Waals surface area (Å²) in [5.74, 6) is -0.797. The number of carbonyl (C=O) groups excluding carboxylic acids is 1. The highest BCUT2D eigenvalue weighted by molar-refractivity contribution is 7.89. The number of hydrogen-bond acceptors (Lipinski definition) is 6. The third kappa shape index (κ3) is 5.33. The highest BCUT2D eigenvalue weighted by Gasteiger charge is 2.23. The first-order valence-corrected chi connectivity index (χ1v) is 11.3. The van der Waals surface area contributed by atoms with E-state index in [-0.39, 0.29) is 22.4 Å². The number of nitrogens with zero attached hydrogens (tertiary/aromatic N) is 3. The third-order valence-corrected chi connectivity index (χ3v) is 6.59. The van der Waals surface area contributed by atoms with Gasteiger partial charge in [-0.25, -0.2) is 12.8 Å². The number of halogens is 1. The Morgan fingerprint density at radius 1 is 1.06 bits per heavy atom. The predicted molar refractivity (Wildman–Crippen MR) is 113 cm³/mol. The molecule has 0 saturated carbocycles. The number of aromatic nitrogens is 2. The van der Waals surface area contributed by atoms with Crippen molar-refractivity contribution < 1.29 is 22.0 Å². The Kier molecular flexibility index (Phi) is 7.13. The zero-order valence-electron chi connectivity index (χ0n) is 17.2. The second-order valence-corrected chi connectivity index (χ2v) is 8.69. The summed E-state index contributed by atoms with van der Waals surface area (Å²) < 4.78 is 45.4. The van der Waals surface area contributed by atoms with E-state index in [9.17, 15) is 17.6 Å². The fourth-order valence-electron chi connectivity index (χ4n) is 2.86. The number of unbranched alkanes of at least 4 members (excludes halogenated alkanes) is 1. The van der Waals surface area contributed by atoms with Gasteiger partial charge < -0.3 is 4.42 Å². The lowest BCUT2D eigenvalue weighted by atomic mass is 10.2. The molecule has 1 aromatic heterocycles. The van der Waals surface area contributed by atoms with Crippen LogP contribution in [0.2, 0.25) is 0 Å².